The summed E-state index contributed by atoms with van der Waals surface area (Å²) in [5.74, 6) is 0.925. The third-order valence-corrected chi connectivity index (χ3v) is 10.3. The molecule has 5 aromatic rings. The van der Waals surface area contributed by atoms with Crippen molar-refractivity contribution in [1.82, 2.24) is 0 Å². The van der Waals surface area contributed by atoms with Gasteiger partial charge in [-0.25, -0.2) is 12.1 Å². The van der Waals surface area contributed by atoms with E-state index >= 15 is 0 Å². The first-order valence-electron chi connectivity index (χ1n) is 14.5. The van der Waals surface area contributed by atoms with Crippen LogP contribution in [0.15, 0.2) is 103 Å². The topological polar surface area (TPSA) is 0 Å². The number of rotatable bonds is 2. The molecule has 200 valence electrons. The molecule has 0 bridgehead atoms. The fraction of sp³-hybridized carbons (Fsp3) is 0.342. The van der Waals surface area contributed by atoms with Gasteiger partial charge in [-0.15, -0.1) is 39.7 Å². The first-order chi connectivity index (χ1) is 18.5. The van der Waals surface area contributed by atoms with Gasteiger partial charge in [-0.2, -0.15) is 18.2 Å². The van der Waals surface area contributed by atoms with Crippen LogP contribution < -0.4 is 0 Å². The Balaban J connectivity index is 0.000000165. The van der Waals surface area contributed by atoms with E-state index < -0.39 is 0 Å². The fourth-order valence-corrected chi connectivity index (χ4v) is 6.98. The van der Waals surface area contributed by atoms with Crippen molar-refractivity contribution in [3.8, 4) is 0 Å². The van der Waals surface area contributed by atoms with Crippen molar-refractivity contribution in [3.05, 3.63) is 120 Å². The molecule has 0 spiro atoms. The zero-order chi connectivity index (χ0) is 28.0. The molecule has 39 heavy (non-hydrogen) atoms. The van der Waals surface area contributed by atoms with Gasteiger partial charge in [0, 0.05) is 0 Å². The molecule has 0 heterocycles. The van der Waals surface area contributed by atoms with E-state index in [-0.39, 0.29) is 10.8 Å². The van der Waals surface area contributed by atoms with Gasteiger partial charge in [0.05, 0.1) is 0 Å². The van der Waals surface area contributed by atoms with Crippen molar-refractivity contribution in [3.63, 3.8) is 0 Å². The minimum absolute atomic E-state index is 0.203. The van der Waals surface area contributed by atoms with Crippen molar-refractivity contribution in [2.75, 3.05) is 0 Å². The van der Waals surface area contributed by atoms with E-state index in [4.69, 9.17) is 0 Å². The quantitative estimate of drug-likeness (QED) is 0.129. The van der Waals surface area contributed by atoms with Crippen LogP contribution in [-0.4, -0.2) is 3.26 Å². The summed E-state index contributed by atoms with van der Waals surface area (Å²) in [5, 5.41) is 5.48. The van der Waals surface area contributed by atoms with Crippen molar-refractivity contribution >= 4 is 24.8 Å². The number of hydrogen-bond acceptors (Lipinski definition) is 0. The number of hydrogen-bond donors (Lipinski definition) is 0. The Hall–Kier alpha value is -2.38. The molecular weight excluding hydrogens is 635 g/mol. The largest absolute Gasteiger partial charge is 0.214 e. The molecular formula is C38H44Hf. The molecule has 0 unspecified atom stereocenters. The Morgan fingerprint density at radius 1 is 0.667 bits per heavy atom. The molecule has 0 aliphatic heterocycles. The van der Waals surface area contributed by atoms with E-state index in [0.717, 1.165) is 5.92 Å². The Kier molecular flexibility index (Phi) is 9.76. The summed E-state index contributed by atoms with van der Waals surface area (Å²) in [6.07, 6.45) is 5.77. The van der Waals surface area contributed by atoms with Crippen LogP contribution in [0.25, 0.3) is 21.5 Å². The second-order valence-electron chi connectivity index (χ2n) is 13.0. The first-order valence-corrected chi connectivity index (χ1v) is 16.3. The van der Waals surface area contributed by atoms with Gasteiger partial charge in [-0.05, 0) is 10.8 Å². The summed E-state index contributed by atoms with van der Waals surface area (Å²) in [6.45, 7) is 13.6. The van der Waals surface area contributed by atoms with Crippen LogP contribution >= 0.6 is 0 Å². The van der Waals surface area contributed by atoms with Crippen LogP contribution in [0.2, 0.25) is 0 Å². The smallest absolute Gasteiger partial charge is 0.172 e. The molecule has 0 amide bonds. The maximum atomic E-state index is 2.35. The Bertz CT molecular complexity index is 1380. The normalized spacial score (nSPS) is 14.1. The average molecular weight is 679 g/mol. The molecule has 0 radical (unpaired) electrons. The number of fused-ring (bicyclic) bond motifs is 3. The number of benzene rings is 3. The van der Waals surface area contributed by atoms with Gasteiger partial charge in [0.1, 0.15) is 0 Å². The standard InChI is InChI=1S/C21H25.C12H14.C5H5.Hf/c1-20(2,3)16-7-9-18-14(12-16)11-15-13-17(21(4,5)6)8-10-19(15)18;1-2-6-11(7-3-1)10-12-8-4-5-9-12;1-2-4-5-3-1;/h7-13H,1-6H3;1-3,6-7,12H,4-5,8-9H2;1-5H;/q-1;;-1;+2. The van der Waals surface area contributed by atoms with E-state index in [1.54, 1.807) is 3.26 Å². The van der Waals surface area contributed by atoms with E-state index in [1.165, 1.54) is 87.8 Å². The van der Waals surface area contributed by atoms with Gasteiger partial charge in [0.2, 0.25) is 0 Å². The SMILES string of the molecule is CC(C)(C)c1ccc2c(c1)[cH-]c1cc(C(C)(C)C)ccc12.[Hf+2]=[C](c1ccccc1)C1CCCC1.c1cc[cH-]c1. The van der Waals surface area contributed by atoms with Crippen molar-refractivity contribution in [2.24, 2.45) is 5.92 Å². The van der Waals surface area contributed by atoms with Crippen LogP contribution in [0, 0.1) is 5.92 Å². The second-order valence-corrected chi connectivity index (χ2v) is 14.9. The summed E-state index contributed by atoms with van der Waals surface area (Å²) in [7, 11) is 0. The molecule has 0 saturated heterocycles. The van der Waals surface area contributed by atoms with Crippen LogP contribution in [0.1, 0.15) is 83.9 Å². The Morgan fingerprint density at radius 3 is 1.56 bits per heavy atom. The molecule has 0 nitrogen and oxygen atoms in total. The van der Waals surface area contributed by atoms with Gasteiger partial charge >= 0.3 is 94.6 Å². The minimum Gasteiger partial charge on any atom is -0.214 e. The van der Waals surface area contributed by atoms with Gasteiger partial charge in [0.25, 0.3) is 0 Å². The van der Waals surface area contributed by atoms with Crippen LogP contribution in [0.4, 0.5) is 0 Å². The summed E-state index contributed by atoms with van der Waals surface area (Å²) < 4.78 is 1.73. The molecule has 0 aromatic heterocycles. The molecule has 5 aromatic carbocycles. The van der Waals surface area contributed by atoms with Gasteiger partial charge in [-0.3, -0.25) is 0 Å². The Morgan fingerprint density at radius 2 is 1.15 bits per heavy atom. The molecule has 1 heteroatoms. The molecule has 1 fully saturated rings. The van der Waals surface area contributed by atoms with E-state index in [0.29, 0.717) is 0 Å². The van der Waals surface area contributed by atoms with E-state index in [2.05, 4.69) is 114 Å². The Labute approximate surface area is 251 Å². The molecule has 6 rings (SSSR count). The fourth-order valence-electron chi connectivity index (χ4n) is 5.34. The van der Waals surface area contributed by atoms with Crippen molar-refractivity contribution in [2.45, 2.75) is 78.1 Å². The third-order valence-electron chi connectivity index (χ3n) is 7.84. The van der Waals surface area contributed by atoms with Gasteiger partial charge in [-0.1, -0.05) is 76.9 Å². The maximum absolute atomic E-state index is 2.35. The molecule has 0 N–H and O–H groups in total. The van der Waals surface area contributed by atoms with Crippen LogP contribution in [0.3, 0.4) is 0 Å². The minimum atomic E-state index is 0.203. The van der Waals surface area contributed by atoms with E-state index in [1.807, 2.05) is 30.3 Å². The molecule has 1 aliphatic carbocycles. The van der Waals surface area contributed by atoms with Gasteiger partial charge in [0.15, 0.2) is 0 Å². The van der Waals surface area contributed by atoms with Crippen molar-refractivity contribution in [1.29, 1.82) is 0 Å². The zero-order valence-corrected chi connectivity index (χ0v) is 28.3. The predicted octanol–water partition coefficient (Wildman–Crippen LogP) is 10.7. The zero-order valence-electron chi connectivity index (χ0n) is 24.7. The van der Waals surface area contributed by atoms with Gasteiger partial charge < -0.3 is 0 Å². The maximum Gasteiger partial charge on any atom is -0.172 e. The summed E-state index contributed by atoms with van der Waals surface area (Å²) in [6, 6.07) is 37.1. The molecule has 1 aliphatic rings. The monoisotopic (exact) mass is 680 g/mol. The second kappa shape index (κ2) is 12.9. The first kappa shape index (κ1) is 29.6. The van der Waals surface area contributed by atoms with Crippen molar-refractivity contribution < 1.29 is 23.9 Å². The third kappa shape index (κ3) is 7.85. The van der Waals surface area contributed by atoms with Crippen LogP contribution in [-0.2, 0) is 34.7 Å². The molecule has 1 saturated carbocycles. The summed E-state index contributed by atoms with van der Waals surface area (Å²) >= 11 is 1.24. The van der Waals surface area contributed by atoms with E-state index in [9.17, 15) is 0 Å². The summed E-state index contributed by atoms with van der Waals surface area (Å²) in [4.78, 5) is 0. The average Bonchev–Trinajstić information content (AvgIpc) is 3.70. The molecule has 0 atom stereocenters. The predicted molar refractivity (Wildman–Crippen MR) is 169 cm³/mol. The van der Waals surface area contributed by atoms with Crippen LogP contribution in [0.5, 0.6) is 0 Å². The summed E-state index contributed by atoms with van der Waals surface area (Å²) in [5.41, 5.74) is 4.71.